The molecular formula is C9H10ClNO3. The number of rotatable bonds is 2. The van der Waals surface area contributed by atoms with Crippen LogP contribution in [0.25, 0.3) is 0 Å². The van der Waals surface area contributed by atoms with Gasteiger partial charge in [-0.15, -0.1) is 0 Å². The van der Waals surface area contributed by atoms with Crippen molar-refractivity contribution in [2.45, 2.75) is 6.04 Å². The average molecular weight is 216 g/mol. The van der Waals surface area contributed by atoms with E-state index >= 15 is 0 Å². The first kappa shape index (κ1) is 10.8. The van der Waals surface area contributed by atoms with Crippen molar-refractivity contribution in [1.82, 2.24) is 0 Å². The van der Waals surface area contributed by atoms with Gasteiger partial charge in [0.15, 0.2) is 0 Å². The van der Waals surface area contributed by atoms with Gasteiger partial charge in [0.2, 0.25) is 0 Å². The molecule has 0 aliphatic heterocycles. The fraction of sp³-hybridized carbons (Fsp3) is 0.222. The van der Waals surface area contributed by atoms with Crippen LogP contribution in [0.15, 0.2) is 18.2 Å². The molecule has 1 rings (SSSR count). The van der Waals surface area contributed by atoms with Gasteiger partial charge in [-0.05, 0) is 17.7 Å². The van der Waals surface area contributed by atoms with Crippen molar-refractivity contribution in [3.8, 4) is 5.75 Å². The van der Waals surface area contributed by atoms with Crippen LogP contribution in [-0.2, 0) is 9.53 Å². The zero-order chi connectivity index (χ0) is 10.7. The molecule has 0 heterocycles. The smallest absolute Gasteiger partial charge is 0.327 e. The van der Waals surface area contributed by atoms with Gasteiger partial charge in [-0.2, -0.15) is 0 Å². The van der Waals surface area contributed by atoms with E-state index in [9.17, 15) is 4.79 Å². The van der Waals surface area contributed by atoms with Crippen LogP contribution in [0.3, 0.4) is 0 Å². The lowest BCUT2D eigenvalue weighted by Crippen LogP contribution is -2.22. The minimum absolute atomic E-state index is 0.0486. The Morgan fingerprint density at radius 1 is 1.64 bits per heavy atom. The molecule has 5 heteroatoms. The number of nitrogens with two attached hydrogens (primary N) is 1. The number of halogens is 1. The summed E-state index contributed by atoms with van der Waals surface area (Å²) < 4.78 is 4.47. The second-order valence-corrected chi connectivity index (χ2v) is 3.12. The molecule has 76 valence electrons. The van der Waals surface area contributed by atoms with E-state index in [0.29, 0.717) is 5.56 Å². The quantitative estimate of drug-likeness (QED) is 0.728. The minimum atomic E-state index is -0.877. The van der Waals surface area contributed by atoms with E-state index in [1.54, 1.807) is 0 Å². The molecule has 0 bridgehead atoms. The molecule has 1 atom stereocenters. The summed E-state index contributed by atoms with van der Waals surface area (Å²) in [6, 6.07) is 3.44. The fourth-order valence-electron chi connectivity index (χ4n) is 0.980. The Bertz CT molecular complexity index is 354. The number of aromatic hydroxyl groups is 1. The first-order chi connectivity index (χ1) is 6.56. The van der Waals surface area contributed by atoms with Gasteiger partial charge < -0.3 is 15.6 Å². The first-order valence-electron chi connectivity index (χ1n) is 3.88. The van der Waals surface area contributed by atoms with Crippen molar-refractivity contribution in [2.75, 3.05) is 7.11 Å². The van der Waals surface area contributed by atoms with Crippen molar-refractivity contribution in [3.63, 3.8) is 0 Å². The monoisotopic (exact) mass is 215 g/mol. The third kappa shape index (κ3) is 2.16. The van der Waals surface area contributed by atoms with E-state index in [-0.39, 0.29) is 10.8 Å². The third-order valence-electron chi connectivity index (χ3n) is 1.79. The maximum atomic E-state index is 11.1. The Kier molecular flexibility index (Phi) is 3.33. The lowest BCUT2D eigenvalue weighted by molar-refractivity contribution is -0.142. The van der Waals surface area contributed by atoms with Crippen LogP contribution in [0.2, 0.25) is 5.02 Å². The SMILES string of the molecule is COC(=O)[C@H](N)c1ccc(O)c(Cl)c1. The summed E-state index contributed by atoms with van der Waals surface area (Å²) in [4.78, 5) is 11.1. The van der Waals surface area contributed by atoms with Crippen molar-refractivity contribution >= 4 is 17.6 Å². The minimum Gasteiger partial charge on any atom is -0.506 e. The standard InChI is InChI=1S/C9H10ClNO3/c1-14-9(13)8(11)5-2-3-7(12)6(10)4-5/h2-4,8,12H,11H2,1H3/t8-/m1/s1. The van der Waals surface area contributed by atoms with E-state index < -0.39 is 12.0 Å². The van der Waals surface area contributed by atoms with Gasteiger partial charge in [-0.25, -0.2) is 0 Å². The number of hydrogen-bond acceptors (Lipinski definition) is 4. The highest BCUT2D eigenvalue weighted by atomic mass is 35.5. The molecule has 1 aromatic carbocycles. The Labute approximate surface area is 86.2 Å². The molecule has 0 amide bonds. The Morgan fingerprint density at radius 2 is 2.29 bits per heavy atom. The number of esters is 1. The maximum Gasteiger partial charge on any atom is 0.327 e. The predicted molar refractivity (Wildman–Crippen MR) is 52.1 cm³/mol. The van der Waals surface area contributed by atoms with Crippen LogP contribution in [0.1, 0.15) is 11.6 Å². The largest absolute Gasteiger partial charge is 0.506 e. The van der Waals surface area contributed by atoms with Crippen LogP contribution in [-0.4, -0.2) is 18.2 Å². The predicted octanol–water partition coefficient (Wildman–Crippen LogP) is 1.22. The average Bonchev–Trinajstić information content (AvgIpc) is 2.20. The van der Waals surface area contributed by atoms with E-state index in [1.165, 1.54) is 25.3 Å². The van der Waals surface area contributed by atoms with Gasteiger partial charge >= 0.3 is 5.97 Å². The van der Waals surface area contributed by atoms with Crippen LogP contribution in [0.4, 0.5) is 0 Å². The molecule has 0 saturated carbocycles. The number of carbonyl (C=O) groups excluding carboxylic acids is 1. The number of phenolic OH excluding ortho intramolecular Hbond substituents is 1. The van der Waals surface area contributed by atoms with E-state index in [2.05, 4.69) is 4.74 Å². The summed E-state index contributed by atoms with van der Waals surface area (Å²) in [6.45, 7) is 0. The van der Waals surface area contributed by atoms with Gasteiger partial charge in [0.05, 0.1) is 12.1 Å². The molecule has 0 aromatic heterocycles. The number of methoxy groups -OCH3 is 1. The molecule has 0 saturated heterocycles. The third-order valence-corrected chi connectivity index (χ3v) is 2.09. The van der Waals surface area contributed by atoms with Gasteiger partial charge in [-0.1, -0.05) is 17.7 Å². The number of phenols is 1. The summed E-state index contributed by atoms with van der Waals surface area (Å²) in [5.74, 6) is -0.598. The van der Waals surface area contributed by atoms with Crippen LogP contribution < -0.4 is 5.73 Å². The van der Waals surface area contributed by atoms with Crippen molar-refractivity contribution in [2.24, 2.45) is 5.73 Å². The highest BCUT2D eigenvalue weighted by Gasteiger charge is 2.16. The van der Waals surface area contributed by atoms with Gasteiger partial charge in [-0.3, -0.25) is 4.79 Å². The summed E-state index contributed by atoms with van der Waals surface area (Å²) in [7, 11) is 1.25. The lowest BCUT2D eigenvalue weighted by Gasteiger charge is -2.09. The number of carbonyl (C=O) groups is 1. The second kappa shape index (κ2) is 4.30. The maximum absolute atomic E-state index is 11.1. The number of benzene rings is 1. The van der Waals surface area contributed by atoms with Gasteiger partial charge in [0.25, 0.3) is 0 Å². The summed E-state index contributed by atoms with van der Waals surface area (Å²) in [5, 5.41) is 9.29. The lowest BCUT2D eigenvalue weighted by atomic mass is 10.1. The van der Waals surface area contributed by atoms with Crippen molar-refractivity contribution in [1.29, 1.82) is 0 Å². The molecule has 14 heavy (non-hydrogen) atoms. The van der Waals surface area contributed by atoms with Crippen LogP contribution in [0, 0.1) is 0 Å². The zero-order valence-electron chi connectivity index (χ0n) is 7.53. The molecule has 0 spiro atoms. The van der Waals surface area contributed by atoms with Gasteiger partial charge in [0, 0.05) is 0 Å². The molecule has 0 fully saturated rings. The fourth-order valence-corrected chi connectivity index (χ4v) is 1.17. The van der Waals surface area contributed by atoms with E-state index in [4.69, 9.17) is 22.4 Å². The Morgan fingerprint density at radius 3 is 2.79 bits per heavy atom. The molecule has 0 aliphatic carbocycles. The molecule has 0 unspecified atom stereocenters. The highest BCUT2D eigenvalue weighted by molar-refractivity contribution is 6.32. The molecule has 0 radical (unpaired) electrons. The van der Waals surface area contributed by atoms with E-state index in [0.717, 1.165) is 0 Å². The summed E-state index contributed by atoms with van der Waals surface area (Å²) in [6.07, 6.45) is 0. The summed E-state index contributed by atoms with van der Waals surface area (Å²) in [5.41, 5.74) is 6.05. The Balaban J connectivity index is 2.96. The van der Waals surface area contributed by atoms with Crippen LogP contribution in [0.5, 0.6) is 5.75 Å². The van der Waals surface area contributed by atoms with E-state index in [1.807, 2.05) is 0 Å². The molecule has 4 nitrogen and oxygen atoms in total. The van der Waals surface area contributed by atoms with Crippen molar-refractivity contribution in [3.05, 3.63) is 28.8 Å². The summed E-state index contributed by atoms with van der Waals surface area (Å²) >= 11 is 5.65. The molecule has 3 N–H and O–H groups in total. The van der Waals surface area contributed by atoms with Gasteiger partial charge in [0.1, 0.15) is 11.8 Å². The van der Waals surface area contributed by atoms with Crippen LogP contribution >= 0.6 is 11.6 Å². The highest BCUT2D eigenvalue weighted by Crippen LogP contribution is 2.26. The second-order valence-electron chi connectivity index (χ2n) is 2.71. The molecular weight excluding hydrogens is 206 g/mol. The topological polar surface area (TPSA) is 72.5 Å². The normalized spacial score (nSPS) is 12.2. The Hall–Kier alpha value is -1.26. The molecule has 1 aromatic rings. The number of hydrogen-bond donors (Lipinski definition) is 2. The van der Waals surface area contributed by atoms with Crippen molar-refractivity contribution < 1.29 is 14.6 Å². The zero-order valence-corrected chi connectivity index (χ0v) is 8.28. The number of ether oxygens (including phenoxy) is 1. The first-order valence-corrected chi connectivity index (χ1v) is 4.26. The molecule has 0 aliphatic rings.